The highest BCUT2D eigenvalue weighted by atomic mass is 16.2. The summed E-state index contributed by atoms with van der Waals surface area (Å²) in [7, 11) is 0. The Balaban J connectivity index is 1.20. The number of piperidine rings is 1. The van der Waals surface area contributed by atoms with E-state index in [0.717, 1.165) is 76.0 Å². The van der Waals surface area contributed by atoms with Crippen molar-refractivity contribution in [2.75, 3.05) is 50.7 Å². The number of aromatic nitrogens is 4. The average Bonchev–Trinajstić information content (AvgIpc) is 3.34. The second-order valence-electron chi connectivity index (χ2n) is 9.19. The Morgan fingerprint density at radius 2 is 1.71 bits per heavy atom. The SMILES string of the molecule is CCc1c(C(=O)N2CCCC(CN3CCN(c4ccccn4)CC3)C2)cnn1-c1ccccn1. The maximum Gasteiger partial charge on any atom is 0.257 e. The molecule has 0 N–H and O–H groups in total. The molecular weight excluding hydrogens is 426 g/mol. The van der Waals surface area contributed by atoms with E-state index in [1.807, 2.05) is 41.4 Å². The molecule has 0 bridgehead atoms. The van der Waals surface area contributed by atoms with E-state index in [1.54, 1.807) is 17.1 Å². The molecule has 2 fully saturated rings. The Morgan fingerprint density at radius 1 is 0.971 bits per heavy atom. The van der Waals surface area contributed by atoms with Gasteiger partial charge in [0.1, 0.15) is 5.82 Å². The lowest BCUT2D eigenvalue weighted by Crippen LogP contribution is -2.50. The van der Waals surface area contributed by atoms with Gasteiger partial charge in [0.25, 0.3) is 5.91 Å². The molecule has 0 aliphatic carbocycles. The van der Waals surface area contributed by atoms with Crippen LogP contribution >= 0.6 is 0 Å². The third-order valence-corrected chi connectivity index (χ3v) is 6.97. The number of hydrogen-bond donors (Lipinski definition) is 0. The minimum Gasteiger partial charge on any atom is -0.354 e. The van der Waals surface area contributed by atoms with Gasteiger partial charge in [-0.2, -0.15) is 5.10 Å². The van der Waals surface area contributed by atoms with E-state index in [-0.39, 0.29) is 5.91 Å². The molecule has 1 unspecified atom stereocenters. The maximum absolute atomic E-state index is 13.5. The second-order valence-corrected chi connectivity index (χ2v) is 9.19. The Labute approximate surface area is 201 Å². The van der Waals surface area contributed by atoms with Crippen LogP contribution in [0.2, 0.25) is 0 Å². The highest BCUT2D eigenvalue weighted by molar-refractivity contribution is 5.95. The topological polar surface area (TPSA) is 70.4 Å². The predicted molar refractivity (Wildman–Crippen MR) is 132 cm³/mol. The summed E-state index contributed by atoms with van der Waals surface area (Å²) < 4.78 is 1.80. The highest BCUT2D eigenvalue weighted by Gasteiger charge is 2.29. The van der Waals surface area contributed by atoms with Crippen molar-refractivity contribution in [3.63, 3.8) is 0 Å². The van der Waals surface area contributed by atoms with E-state index in [4.69, 9.17) is 0 Å². The van der Waals surface area contributed by atoms with Crippen LogP contribution in [0.1, 0.15) is 35.8 Å². The average molecular weight is 460 g/mol. The zero-order valence-corrected chi connectivity index (χ0v) is 19.9. The van der Waals surface area contributed by atoms with E-state index in [0.29, 0.717) is 11.5 Å². The van der Waals surface area contributed by atoms with Crippen molar-refractivity contribution in [1.29, 1.82) is 0 Å². The van der Waals surface area contributed by atoms with Crippen LogP contribution in [0.4, 0.5) is 5.82 Å². The molecule has 2 aliphatic rings. The van der Waals surface area contributed by atoms with Crippen LogP contribution in [0.5, 0.6) is 0 Å². The molecule has 0 aromatic carbocycles. The van der Waals surface area contributed by atoms with Gasteiger partial charge < -0.3 is 9.80 Å². The molecule has 3 aromatic rings. The van der Waals surface area contributed by atoms with Gasteiger partial charge in [-0.1, -0.05) is 19.1 Å². The number of carbonyl (C=O) groups excluding carboxylic acids is 1. The van der Waals surface area contributed by atoms with Crippen molar-refractivity contribution in [2.24, 2.45) is 5.92 Å². The summed E-state index contributed by atoms with van der Waals surface area (Å²) in [6.45, 7) is 8.83. The van der Waals surface area contributed by atoms with Crippen molar-refractivity contribution in [2.45, 2.75) is 26.2 Å². The molecule has 8 heteroatoms. The van der Waals surface area contributed by atoms with Crippen LogP contribution in [0.3, 0.4) is 0 Å². The van der Waals surface area contributed by atoms with Gasteiger partial charge in [0.2, 0.25) is 0 Å². The fraction of sp³-hybridized carbons (Fsp3) is 0.462. The summed E-state index contributed by atoms with van der Waals surface area (Å²) >= 11 is 0. The number of likely N-dealkylation sites (tertiary alicyclic amines) is 1. The van der Waals surface area contributed by atoms with Crippen LogP contribution < -0.4 is 4.90 Å². The van der Waals surface area contributed by atoms with Crippen LogP contribution in [-0.2, 0) is 6.42 Å². The first-order valence-electron chi connectivity index (χ1n) is 12.4. The number of hydrogen-bond acceptors (Lipinski definition) is 6. The third-order valence-electron chi connectivity index (χ3n) is 6.97. The minimum absolute atomic E-state index is 0.101. The van der Waals surface area contributed by atoms with Crippen molar-refractivity contribution in [1.82, 2.24) is 29.5 Å². The molecule has 1 amide bonds. The summed E-state index contributed by atoms with van der Waals surface area (Å²) in [5.74, 6) is 2.42. The Morgan fingerprint density at radius 3 is 2.38 bits per heavy atom. The standard InChI is InChI=1S/C26H33N7O/c1-2-23-22(18-29-33(23)25-10-4-6-12-28-25)26(34)32-13-7-8-21(20-32)19-30-14-16-31(17-15-30)24-9-3-5-11-27-24/h3-6,9-12,18,21H,2,7-8,13-17,19-20H2,1H3. The molecule has 1 atom stereocenters. The van der Waals surface area contributed by atoms with E-state index in [2.05, 4.69) is 37.9 Å². The quantitative estimate of drug-likeness (QED) is 0.565. The zero-order chi connectivity index (χ0) is 23.3. The van der Waals surface area contributed by atoms with Gasteiger partial charge in [-0.25, -0.2) is 14.6 Å². The van der Waals surface area contributed by atoms with Crippen LogP contribution in [-0.4, -0.2) is 81.3 Å². The fourth-order valence-corrected chi connectivity index (χ4v) is 5.20. The lowest BCUT2D eigenvalue weighted by atomic mass is 9.96. The number of rotatable bonds is 6. The molecule has 5 heterocycles. The number of nitrogens with zero attached hydrogens (tertiary/aromatic N) is 7. The minimum atomic E-state index is 0.101. The largest absolute Gasteiger partial charge is 0.354 e. The molecule has 34 heavy (non-hydrogen) atoms. The van der Waals surface area contributed by atoms with E-state index in [1.165, 1.54) is 6.42 Å². The van der Waals surface area contributed by atoms with Crippen molar-refractivity contribution >= 4 is 11.7 Å². The maximum atomic E-state index is 13.5. The van der Waals surface area contributed by atoms with Crippen molar-refractivity contribution in [3.05, 3.63) is 66.2 Å². The lowest BCUT2D eigenvalue weighted by Gasteiger charge is -2.39. The molecule has 0 saturated carbocycles. The number of carbonyl (C=O) groups is 1. The molecule has 2 saturated heterocycles. The Bertz CT molecular complexity index is 1080. The van der Waals surface area contributed by atoms with Gasteiger partial charge in [-0.05, 0) is 49.4 Å². The molecule has 3 aromatic heterocycles. The first-order valence-corrected chi connectivity index (χ1v) is 12.4. The van der Waals surface area contributed by atoms with Crippen LogP contribution in [0.15, 0.2) is 55.0 Å². The van der Waals surface area contributed by atoms with Crippen LogP contribution in [0.25, 0.3) is 5.82 Å². The Kier molecular flexibility index (Phi) is 6.85. The third kappa shape index (κ3) is 4.82. The first-order chi connectivity index (χ1) is 16.7. The molecule has 178 valence electrons. The first kappa shape index (κ1) is 22.5. The van der Waals surface area contributed by atoms with Crippen molar-refractivity contribution < 1.29 is 4.79 Å². The number of piperazine rings is 1. The zero-order valence-electron chi connectivity index (χ0n) is 19.9. The summed E-state index contributed by atoms with van der Waals surface area (Å²) in [4.78, 5) is 29.3. The fourth-order valence-electron chi connectivity index (χ4n) is 5.20. The monoisotopic (exact) mass is 459 g/mol. The normalized spacial score (nSPS) is 19.4. The molecule has 0 radical (unpaired) electrons. The molecular formula is C26H33N7O. The highest BCUT2D eigenvalue weighted by Crippen LogP contribution is 2.23. The van der Waals surface area contributed by atoms with Gasteiger partial charge in [-0.3, -0.25) is 9.69 Å². The smallest absolute Gasteiger partial charge is 0.257 e. The summed E-state index contributed by atoms with van der Waals surface area (Å²) in [6, 6.07) is 11.8. The van der Waals surface area contributed by atoms with E-state index < -0.39 is 0 Å². The molecule has 2 aliphatic heterocycles. The summed E-state index contributed by atoms with van der Waals surface area (Å²) in [5, 5.41) is 4.51. The predicted octanol–water partition coefficient (Wildman–Crippen LogP) is 2.90. The number of amides is 1. The molecule has 8 nitrogen and oxygen atoms in total. The van der Waals surface area contributed by atoms with Crippen LogP contribution in [0, 0.1) is 5.92 Å². The summed E-state index contributed by atoms with van der Waals surface area (Å²) in [6.07, 6.45) is 8.30. The number of anilines is 1. The summed E-state index contributed by atoms with van der Waals surface area (Å²) in [5.41, 5.74) is 1.63. The van der Waals surface area contributed by atoms with Crippen molar-refractivity contribution in [3.8, 4) is 5.82 Å². The van der Waals surface area contributed by atoms with Gasteiger partial charge in [0.05, 0.1) is 17.5 Å². The lowest BCUT2D eigenvalue weighted by molar-refractivity contribution is 0.0636. The molecule has 0 spiro atoms. The van der Waals surface area contributed by atoms with Gasteiger partial charge in [-0.15, -0.1) is 0 Å². The Hall–Kier alpha value is -3.26. The number of pyridine rings is 2. The van der Waals surface area contributed by atoms with Gasteiger partial charge in [0, 0.05) is 58.2 Å². The van der Waals surface area contributed by atoms with E-state index in [9.17, 15) is 4.79 Å². The van der Waals surface area contributed by atoms with E-state index >= 15 is 0 Å². The molecule has 5 rings (SSSR count). The van der Waals surface area contributed by atoms with Gasteiger partial charge >= 0.3 is 0 Å². The second kappa shape index (κ2) is 10.3. The van der Waals surface area contributed by atoms with Gasteiger partial charge in [0.15, 0.2) is 5.82 Å².